The molecule has 1 saturated heterocycles. The Morgan fingerprint density at radius 1 is 1.45 bits per heavy atom. The van der Waals surface area contributed by atoms with E-state index in [2.05, 4.69) is 15.6 Å². The Morgan fingerprint density at radius 3 is 3.00 bits per heavy atom. The van der Waals surface area contributed by atoms with Crippen LogP contribution < -0.4 is 10.6 Å². The quantitative estimate of drug-likeness (QED) is 0.897. The average Bonchev–Trinajstić information content (AvgIpc) is 2.97. The van der Waals surface area contributed by atoms with Crippen molar-refractivity contribution in [3.8, 4) is 0 Å². The van der Waals surface area contributed by atoms with Gasteiger partial charge in [0.05, 0.1) is 26.7 Å². The van der Waals surface area contributed by atoms with E-state index in [4.69, 9.17) is 0 Å². The standard InChI is InChI=1S/C14H17N3O3S2/c1-9-16-12-3-2-11(6-13(12)21-9)17-14(18)15-7-10-4-5-22(19,20)8-10/h2-3,6,10H,4-5,7-8H2,1H3,(H2,15,17,18)/t10-/m1/s1. The lowest BCUT2D eigenvalue weighted by Crippen LogP contribution is -2.33. The van der Waals surface area contributed by atoms with Crippen molar-refractivity contribution >= 4 is 43.1 Å². The monoisotopic (exact) mass is 339 g/mol. The highest BCUT2D eigenvalue weighted by Gasteiger charge is 2.27. The minimum atomic E-state index is -2.90. The third-order valence-electron chi connectivity index (χ3n) is 3.63. The van der Waals surface area contributed by atoms with Crippen LogP contribution in [0.15, 0.2) is 18.2 Å². The summed E-state index contributed by atoms with van der Waals surface area (Å²) in [4.78, 5) is 16.3. The normalized spacial score (nSPS) is 20.1. The Hall–Kier alpha value is -1.67. The summed E-state index contributed by atoms with van der Waals surface area (Å²) in [5.41, 5.74) is 1.62. The largest absolute Gasteiger partial charge is 0.338 e. The Bertz CT molecular complexity index is 814. The van der Waals surface area contributed by atoms with E-state index >= 15 is 0 Å². The number of nitrogens with one attached hydrogen (secondary N) is 2. The maximum Gasteiger partial charge on any atom is 0.319 e. The smallest absolute Gasteiger partial charge is 0.319 e. The van der Waals surface area contributed by atoms with Crippen LogP contribution >= 0.6 is 11.3 Å². The summed E-state index contributed by atoms with van der Waals surface area (Å²) in [6.45, 7) is 2.33. The van der Waals surface area contributed by atoms with Crippen molar-refractivity contribution in [3.63, 3.8) is 0 Å². The van der Waals surface area contributed by atoms with E-state index in [-0.39, 0.29) is 23.5 Å². The minimum absolute atomic E-state index is 0.0161. The topological polar surface area (TPSA) is 88.2 Å². The average molecular weight is 339 g/mol. The number of fused-ring (bicyclic) bond motifs is 1. The van der Waals surface area contributed by atoms with Gasteiger partial charge in [-0.15, -0.1) is 11.3 Å². The van der Waals surface area contributed by atoms with E-state index in [0.717, 1.165) is 15.2 Å². The number of thiazole rings is 1. The molecule has 0 spiro atoms. The van der Waals surface area contributed by atoms with Gasteiger partial charge in [0.2, 0.25) is 0 Å². The molecular formula is C14H17N3O3S2. The number of rotatable bonds is 3. The number of nitrogens with zero attached hydrogens (tertiary/aromatic N) is 1. The van der Waals surface area contributed by atoms with E-state index in [9.17, 15) is 13.2 Å². The Morgan fingerprint density at radius 2 is 2.27 bits per heavy atom. The van der Waals surface area contributed by atoms with Crippen molar-refractivity contribution in [2.75, 3.05) is 23.4 Å². The van der Waals surface area contributed by atoms with Gasteiger partial charge in [-0.2, -0.15) is 0 Å². The van der Waals surface area contributed by atoms with E-state index in [1.165, 1.54) is 0 Å². The Kier molecular flexibility index (Phi) is 4.05. The number of aromatic nitrogens is 1. The molecule has 1 fully saturated rings. The SMILES string of the molecule is Cc1nc2ccc(NC(=O)NC[C@H]3CCS(=O)(=O)C3)cc2s1. The summed E-state index contributed by atoms with van der Waals surface area (Å²) < 4.78 is 23.8. The second-order valence-electron chi connectivity index (χ2n) is 5.52. The number of hydrogen-bond acceptors (Lipinski definition) is 5. The predicted octanol–water partition coefficient (Wildman–Crippen LogP) is 2.16. The Balaban J connectivity index is 1.56. The zero-order valence-corrected chi connectivity index (χ0v) is 13.8. The molecule has 1 atom stereocenters. The van der Waals surface area contributed by atoms with Crippen LogP contribution in [0.25, 0.3) is 10.2 Å². The number of aryl methyl sites for hydroxylation is 1. The molecule has 0 saturated carbocycles. The second-order valence-corrected chi connectivity index (χ2v) is 8.98. The lowest BCUT2D eigenvalue weighted by molar-refractivity contribution is 0.250. The zero-order chi connectivity index (χ0) is 15.7. The molecule has 2 N–H and O–H groups in total. The van der Waals surface area contributed by atoms with Crippen molar-refractivity contribution in [1.82, 2.24) is 10.3 Å². The molecule has 0 aliphatic carbocycles. The van der Waals surface area contributed by atoms with Gasteiger partial charge in [0, 0.05) is 12.2 Å². The molecule has 3 rings (SSSR count). The summed E-state index contributed by atoms with van der Waals surface area (Å²) in [7, 11) is -2.90. The predicted molar refractivity (Wildman–Crippen MR) is 88.1 cm³/mol. The minimum Gasteiger partial charge on any atom is -0.338 e. The molecule has 1 aromatic carbocycles. The molecule has 6 nitrogen and oxygen atoms in total. The third kappa shape index (κ3) is 3.56. The lowest BCUT2D eigenvalue weighted by Gasteiger charge is -2.10. The molecule has 22 heavy (non-hydrogen) atoms. The van der Waals surface area contributed by atoms with Gasteiger partial charge in [0.1, 0.15) is 0 Å². The van der Waals surface area contributed by atoms with E-state index in [1.807, 2.05) is 19.1 Å². The summed E-state index contributed by atoms with van der Waals surface area (Å²) in [5, 5.41) is 6.49. The van der Waals surface area contributed by atoms with Crippen molar-refractivity contribution in [3.05, 3.63) is 23.2 Å². The molecule has 118 valence electrons. The summed E-state index contributed by atoms with van der Waals surface area (Å²) in [6.07, 6.45) is 0.620. The molecule has 0 unspecified atom stereocenters. The van der Waals surface area contributed by atoms with Crippen LogP contribution in [0.4, 0.5) is 10.5 Å². The number of sulfone groups is 1. The molecule has 2 heterocycles. The number of anilines is 1. The van der Waals surface area contributed by atoms with Crippen LogP contribution in [0.5, 0.6) is 0 Å². The maximum absolute atomic E-state index is 11.9. The molecule has 0 bridgehead atoms. The van der Waals surface area contributed by atoms with Crippen LogP contribution in [0, 0.1) is 12.8 Å². The zero-order valence-electron chi connectivity index (χ0n) is 12.1. The highest BCUT2D eigenvalue weighted by Crippen LogP contribution is 2.24. The molecule has 8 heteroatoms. The van der Waals surface area contributed by atoms with Crippen LogP contribution in [0.1, 0.15) is 11.4 Å². The summed E-state index contributed by atoms with van der Waals surface area (Å²) in [5.74, 6) is 0.407. The van der Waals surface area contributed by atoms with Crippen molar-refractivity contribution in [1.29, 1.82) is 0 Å². The van der Waals surface area contributed by atoms with E-state index in [1.54, 1.807) is 17.4 Å². The lowest BCUT2D eigenvalue weighted by atomic mass is 10.1. The van der Waals surface area contributed by atoms with Crippen molar-refractivity contribution in [2.24, 2.45) is 5.92 Å². The maximum atomic E-state index is 11.9. The third-order valence-corrected chi connectivity index (χ3v) is 6.40. The molecule has 1 aliphatic rings. The molecule has 1 aromatic heterocycles. The van der Waals surface area contributed by atoms with Gasteiger partial charge in [-0.3, -0.25) is 0 Å². The van der Waals surface area contributed by atoms with Gasteiger partial charge in [0.25, 0.3) is 0 Å². The molecule has 2 amide bonds. The fourth-order valence-electron chi connectivity index (χ4n) is 2.56. The van der Waals surface area contributed by atoms with Crippen LogP contribution in [-0.4, -0.2) is 37.5 Å². The fraction of sp³-hybridized carbons (Fsp3) is 0.429. The highest BCUT2D eigenvalue weighted by molar-refractivity contribution is 7.91. The van der Waals surface area contributed by atoms with Crippen LogP contribution in [0.2, 0.25) is 0 Å². The summed E-state index contributed by atoms with van der Waals surface area (Å²) >= 11 is 1.58. The number of hydrogen-bond donors (Lipinski definition) is 2. The fourth-order valence-corrected chi connectivity index (χ4v) is 5.29. The van der Waals surface area contributed by atoms with E-state index in [0.29, 0.717) is 18.7 Å². The first-order valence-corrected chi connectivity index (χ1v) is 9.67. The first kappa shape index (κ1) is 15.2. The highest BCUT2D eigenvalue weighted by atomic mass is 32.2. The molecular weight excluding hydrogens is 322 g/mol. The molecule has 0 radical (unpaired) electrons. The summed E-state index contributed by atoms with van der Waals surface area (Å²) in [6, 6.07) is 5.25. The van der Waals surface area contributed by atoms with Gasteiger partial charge in [-0.05, 0) is 37.5 Å². The van der Waals surface area contributed by atoms with Gasteiger partial charge >= 0.3 is 6.03 Å². The Labute approximate surface area is 132 Å². The van der Waals surface area contributed by atoms with Crippen LogP contribution in [-0.2, 0) is 9.84 Å². The second kappa shape index (κ2) is 5.85. The molecule has 1 aliphatic heterocycles. The number of urea groups is 1. The van der Waals surface area contributed by atoms with Crippen LogP contribution in [0.3, 0.4) is 0 Å². The van der Waals surface area contributed by atoms with Gasteiger partial charge in [0.15, 0.2) is 9.84 Å². The first-order valence-electron chi connectivity index (χ1n) is 7.04. The molecule has 2 aromatic rings. The van der Waals surface area contributed by atoms with Gasteiger partial charge in [-0.1, -0.05) is 0 Å². The van der Waals surface area contributed by atoms with Crippen molar-refractivity contribution in [2.45, 2.75) is 13.3 Å². The van der Waals surface area contributed by atoms with E-state index < -0.39 is 9.84 Å². The number of carbonyl (C=O) groups is 1. The van der Waals surface area contributed by atoms with Gasteiger partial charge < -0.3 is 10.6 Å². The number of amides is 2. The number of carbonyl (C=O) groups excluding carboxylic acids is 1. The number of benzene rings is 1. The van der Waals surface area contributed by atoms with Crippen molar-refractivity contribution < 1.29 is 13.2 Å². The first-order chi connectivity index (χ1) is 10.4. The van der Waals surface area contributed by atoms with Gasteiger partial charge in [-0.25, -0.2) is 18.2 Å².